The first-order valence-corrected chi connectivity index (χ1v) is 25.3. The van der Waals surface area contributed by atoms with Crippen molar-refractivity contribution in [3.63, 3.8) is 0 Å². The van der Waals surface area contributed by atoms with Gasteiger partial charge in [-0.3, -0.25) is 9.59 Å². The molecule has 0 spiro atoms. The molecule has 2 radical (unpaired) electrons. The number of alkyl halides is 1. The molecule has 3 aromatic heterocycles. The van der Waals surface area contributed by atoms with Gasteiger partial charge in [-0.1, -0.05) is 52.1 Å². The minimum Gasteiger partial charge on any atom is -0.508 e. The lowest BCUT2D eigenvalue weighted by atomic mass is 9.95. The van der Waals surface area contributed by atoms with Crippen molar-refractivity contribution in [2.24, 2.45) is 7.05 Å². The van der Waals surface area contributed by atoms with Crippen molar-refractivity contribution in [3.05, 3.63) is 123 Å². The lowest BCUT2D eigenvalue weighted by molar-refractivity contribution is 0.0354. The number of nitriles is 1. The summed E-state index contributed by atoms with van der Waals surface area (Å²) in [6, 6.07) is 20.7. The molecule has 0 atom stereocenters. The van der Waals surface area contributed by atoms with Crippen molar-refractivity contribution >= 4 is 77.2 Å². The van der Waals surface area contributed by atoms with E-state index in [2.05, 4.69) is 56.6 Å². The van der Waals surface area contributed by atoms with Crippen LogP contribution < -0.4 is 20.5 Å². The zero-order valence-electron chi connectivity index (χ0n) is 39.2. The van der Waals surface area contributed by atoms with Crippen molar-refractivity contribution in [1.29, 1.82) is 5.26 Å². The molecular formula is C51H62BCl2F2N7O5S2. The number of hydrogen-bond acceptors (Lipinski definition) is 11. The van der Waals surface area contributed by atoms with E-state index in [1.165, 1.54) is 41.6 Å². The van der Waals surface area contributed by atoms with E-state index in [-0.39, 0.29) is 47.6 Å². The third-order valence-electron chi connectivity index (χ3n) is 11.1. The Bertz CT molecular complexity index is 2640. The number of thiol groups is 1. The number of carbonyl (C=O) groups is 1. The fourth-order valence-electron chi connectivity index (χ4n) is 7.67. The van der Waals surface area contributed by atoms with E-state index in [1.807, 2.05) is 44.2 Å². The number of phenols is 1. The Hall–Kier alpha value is -5.25. The van der Waals surface area contributed by atoms with Gasteiger partial charge in [0.15, 0.2) is 30.2 Å². The number of H-pyrrole nitrogens is 1. The Kier molecular flexibility index (Phi) is 26.3. The monoisotopic (exact) mass is 1040 g/mol. The molecule has 1 aliphatic heterocycles. The van der Waals surface area contributed by atoms with Crippen LogP contribution in [0.4, 0.5) is 14.6 Å². The summed E-state index contributed by atoms with van der Waals surface area (Å²) in [6.07, 6.45) is 14.4. The number of thioether (sulfide) groups is 1. The van der Waals surface area contributed by atoms with Crippen molar-refractivity contribution in [3.8, 4) is 34.4 Å². The highest BCUT2D eigenvalue weighted by Gasteiger charge is 2.23. The second-order valence-corrected chi connectivity index (χ2v) is 17.1. The van der Waals surface area contributed by atoms with Crippen LogP contribution in [0.1, 0.15) is 95.1 Å². The van der Waals surface area contributed by atoms with Crippen LogP contribution in [0.2, 0.25) is 5.02 Å². The number of aromatic amines is 1. The molecule has 4 heterocycles. The van der Waals surface area contributed by atoms with Gasteiger partial charge >= 0.3 is 0 Å². The van der Waals surface area contributed by atoms with Gasteiger partial charge in [0.1, 0.15) is 28.9 Å². The number of unbranched alkanes of at least 4 members (excludes halogenated alkanes) is 1. The lowest BCUT2D eigenvalue weighted by Crippen LogP contribution is -2.38. The third-order valence-corrected chi connectivity index (χ3v) is 12.5. The van der Waals surface area contributed by atoms with Gasteiger partial charge in [0.2, 0.25) is 0 Å². The molecule has 2 fully saturated rings. The van der Waals surface area contributed by atoms with Gasteiger partial charge in [0.25, 0.3) is 11.5 Å². The van der Waals surface area contributed by atoms with Gasteiger partial charge < -0.3 is 34.3 Å². The molecule has 8 rings (SSSR count). The number of piperidine rings is 1. The van der Waals surface area contributed by atoms with E-state index in [0.717, 1.165) is 104 Å². The highest BCUT2D eigenvalue weighted by atomic mass is 35.5. The summed E-state index contributed by atoms with van der Waals surface area (Å²) in [5.41, 5.74) is 2.49. The molecule has 0 bridgehead atoms. The number of nitrogens with one attached hydrogen (secondary N) is 2. The lowest BCUT2D eigenvalue weighted by Gasteiger charge is -2.32. The number of nitrogens with zero attached hydrogens (tertiary/aromatic N) is 5. The van der Waals surface area contributed by atoms with Crippen LogP contribution >= 0.6 is 47.4 Å². The summed E-state index contributed by atoms with van der Waals surface area (Å²) in [5, 5.41) is 29.9. The number of aryl methyl sites for hydroxylation is 1. The van der Waals surface area contributed by atoms with Crippen LogP contribution in [0, 0.1) is 23.0 Å². The molecule has 3 aromatic carbocycles. The second kappa shape index (κ2) is 31.2. The largest absolute Gasteiger partial charge is 0.508 e. The van der Waals surface area contributed by atoms with Crippen molar-refractivity contribution in [2.75, 3.05) is 36.7 Å². The quantitative estimate of drug-likeness (QED) is 0.0288. The van der Waals surface area contributed by atoms with Crippen LogP contribution in [-0.2, 0) is 11.8 Å². The van der Waals surface area contributed by atoms with Crippen molar-refractivity contribution in [1.82, 2.24) is 25.1 Å². The molecule has 6 aromatic rings. The number of aromatic nitrogens is 4. The normalized spacial score (nSPS) is 13.3. The summed E-state index contributed by atoms with van der Waals surface area (Å²) in [4.78, 5) is 31.6. The number of pyridine rings is 1. The first-order valence-electron chi connectivity index (χ1n) is 22.7. The number of ether oxygens (including phenoxy) is 2. The van der Waals surface area contributed by atoms with E-state index in [9.17, 15) is 18.4 Å². The molecule has 12 nitrogen and oxygen atoms in total. The molecular weight excluding hydrogens is 974 g/mol. The minimum absolute atomic E-state index is 0. The summed E-state index contributed by atoms with van der Waals surface area (Å²) in [5.74, 6) is 0.398. The molecule has 0 unspecified atom stereocenters. The van der Waals surface area contributed by atoms with E-state index in [4.69, 9.17) is 31.4 Å². The molecule has 1 saturated carbocycles. The van der Waals surface area contributed by atoms with Crippen molar-refractivity contribution in [2.45, 2.75) is 96.1 Å². The maximum Gasteiger partial charge on any atom is 0.274 e. The number of rotatable bonds is 13. The molecule has 374 valence electrons. The molecule has 3 N–H and O–H groups in total. The van der Waals surface area contributed by atoms with E-state index in [1.54, 1.807) is 43.3 Å². The molecule has 2 aliphatic rings. The molecule has 1 amide bonds. The van der Waals surface area contributed by atoms with Crippen molar-refractivity contribution < 1.29 is 28.2 Å². The number of anilines is 1. The Morgan fingerprint density at radius 2 is 1.67 bits per heavy atom. The molecule has 70 heavy (non-hydrogen) atoms. The Morgan fingerprint density at radius 1 is 0.957 bits per heavy atom. The number of hydrogen-bond donors (Lipinski definition) is 4. The summed E-state index contributed by atoms with van der Waals surface area (Å²) in [7, 11) is 5.88. The van der Waals surface area contributed by atoms with Gasteiger partial charge in [-0.15, -0.1) is 33.6 Å². The fourth-order valence-corrected chi connectivity index (χ4v) is 8.84. The number of fused-ring (bicyclic) bond motifs is 1. The summed E-state index contributed by atoms with van der Waals surface area (Å²) in [6.45, 7) is 6.33. The van der Waals surface area contributed by atoms with E-state index < -0.39 is 11.6 Å². The first-order chi connectivity index (χ1) is 33.6. The maximum atomic E-state index is 14.6. The highest BCUT2D eigenvalue weighted by molar-refractivity contribution is 8.03. The van der Waals surface area contributed by atoms with Gasteiger partial charge in [-0.2, -0.15) is 5.26 Å². The smallest absolute Gasteiger partial charge is 0.274 e. The Balaban J connectivity index is 0.000000663. The standard InChI is InChI=1S/C40H44F2N6O4S.C7H4ClNO.C2H6.CH3Cl.CH4.BHS/c1-47-25-32(30-15-18-43-38(30)40(47)50)31-24-29(10-13-35(31)52-36-12-9-26(41)23-33(36)42)53-22-6-5-21-51-28-16-19-48(20-17-28)37-14-11-34(45-46-37)39(49)44-27-7-3-2-4-8-27;8-7-3-6(10)2-1-5(7)4-9;2*1-2;;1-2/h9-15,18,23-25,27-28,43H,2-8,16-17,19-22H2,1H3,(H,44,49);1-3,10H;1-2H3;1H3;1H4;2H. The SMILES string of the molecule is C.CC.CCl.Cn1cc(-c2cc(SCCCCOC3CCN(c4ccc(C(=O)NC5CCCCC5)nn4)CC3)ccc2Oc2ccc(F)cc2F)c2cc[nH]c2c1=O.N#Cc1ccc(O)cc1Cl.[B]S. The molecule has 19 heteroatoms. The van der Waals surface area contributed by atoms with Crippen LogP contribution in [0.3, 0.4) is 0 Å². The zero-order valence-corrected chi connectivity index (χ0v) is 42.4. The van der Waals surface area contributed by atoms with Gasteiger partial charge in [0, 0.05) is 79.0 Å². The fraction of sp³-hybridized carbons (Fsp3) is 0.392. The molecule has 1 aliphatic carbocycles. The van der Waals surface area contributed by atoms with Crippen LogP contribution in [0.15, 0.2) is 94.9 Å². The van der Waals surface area contributed by atoms with Gasteiger partial charge in [-0.05, 0) is 111 Å². The first kappa shape index (κ1) is 59.1. The minimum atomic E-state index is -0.801. The maximum absolute atomic E-state index is 14.6. The number of benzene rings is 3. The predicted octanol–water partition coefficient (Wildman–Crippen LogP) is 12.4. The number of carbonyl (C=O) groups excluding carboxylic acids is 1. The second-order valence-electron chi connectivity index (χ2n) is 15.5. The average Bonchev–Trinajstić information content (AvgIpc) is 3.88. The van der Waals surface area contributed by atoms with E-state index >= 15 is 0 Å². The van der Waals surface area contributed by atoms with Crippen LogP contribution in [-0.4, -0.2) is 81.9 Å². The van der Waals surface area contributed by atoms with E-state index in [0.29, 0.717) is 34.7 Å². The van der Waals surface area contributed by atoms with Crippen LogP contribution in [0.25, 0.3) is 22.0 Å². The number of halogens is 4. The van der Waals surface area contributed by atoms with Crippen LogP contribution in [0.5, 0.6) is 17.2 Å². The highest BCUT2D eigenvalue weighted by Crippen LogP contribution is 2.40. The topological polar surface area (TPSA) is 158 Å². The number of amides is 1. The number of aromatic hydroxyl groups is 1. The Labute approximate surface area is 431 Å². The third kappa shape index (κ3) is 17.0. The summed E-state index contributed by atoms with van der Waals surface area (Å²) < 4.78 is 41.9. The Morgan fingerprint density at radius 3 is 2.33 bits per heavy atom. The van der Waals surface area contributed by atoms with Gasteiger partial charge in [0.05, 0.1) is 16.7 Å². The molecule has 1 saturated heterocycles. The predicted molar refractivity (Wildman–Crippen MR) is 285 cm³/mol. The summed E-state index contributed by atoms with van der Waals surface area (Å²) >= 11 is 14.9. The zero-order chi connectivity index (χ0) is 50.3. The van der Waals surface area contributed by atoms with Gasteiger partial charge in [-0.25, -0.2) is 21.3 Å². The number of phenolic OH excluding ortho intramolecular Hbond substituents is 1. The average molecular weight is 1040 g/mol.